The molecule has 2 aromatic carbocycles. The highest BCUT2D eigenvalue weighted by Gasteiger charge is 2.05. The maximum atomic E-state index is 12.1. The third-order valence-corrected chi connectivity index (χ3v) is 3.57. The minimum atomic E-state index is -0.319. The van der Waals surface area contributed by atoms with Gasteiger partial charge in [-0.25, -0.2) is 5.43 Å². The summed E-state index contributed by atoms with van der Waals surface area (Å²) in [6.45, 7) is 2.63. The number of hydrazone groups is 1. The minimum Gasteiger partial charge on any atom is -0.494 e. The fourth-order valence-corrected chi connectivity index (χ4v) is 2.34. The largest absolute Gasteiger partial charge is 0.494 e. The predicted molar refractivity (Wildman–Crippen MR) is 101 cm³/mol. The number of nitrogens with zero attached hydrogens (tertiary/aromatic N) is 1. The minimum absolute atomic E-state index is 0.154. The maximum Gasteiger partial charge on any atom is 0.271 e. The fourth-order valence-electron chi connectivity index (χ4n) is 1.97. The Kier molecular flexibility index (Phi) is 7.05. The number of hydrogen-bond acceptors (Lipinski definition) is 4. The Morgan fingerprint density at radius 2 is 2.04 bits per heavy atom. The van der Waals surface area contributed by atoms with Crippen molar-refractivity contribution in [2.24, 2.45) is 5.10 Å². The third-order valence-electron chi connectivity index (χ3n) is 3.08. The van der Waals surface area contributed by atoms with Gasteiger partial charge in [-0.1, -0.05) is 21.9 Å². The van der Waals surface area contributed by atoms with Crippen LogP contribution in [-0.4, -0.2) is 25.3 Å². The van der Waals surface area contributed by atoms with E-state index < -0.39 is 0 Å². The SMILES string of the molecule is C#CCOc1ccc(Br)cc1/C=N\NC(=O)c1ccc(OCC)cc1. The lowest BCUT2D eigenvalue weighted by Crippen LogP contribution is -2.17. The molecule has 0 radical (unpaired) electrons. The molecule has 6 heteroatoms. The number of terminal acetylenes is 1. The zero-order valence-corrected chi connectivity index (χ0v) is 15.2. The zero-order chi connectivity index (χ0) is 18.1. The lowest BCUT2D eigenvalue weighted by Gasteiger charge is -2.07. The first-order valence-corrected chi connectivity index (χ1v) is 8.35. The number of amides is 1. The molecule has 0 spiro atoms. The summed E-state index contributed by atoms with van der Waals surface area (Å²) >= 11 is 3.38. The van der Waals surface area contributed by atoms with E-state index >= 15 is 0 Å². The highest BCUT2D eigenvalue weighted by atomic mass is 79.9. The second kappa shape index (κ2) is 9.50. The van der Waals surface area contributed by atoms with Crippen LogP contribution in [0.4, 0.5) is 0 Å². The second-order valence-electron chi connectivity index (χ2n) is 4.83. The molecule has 0 bridgehead atoms. The second-order valence-corrected chi connectivity index (χ2v) is 5.75. The molecule has 0 fully saturated rings. The Balaban J connectivity index is 2.03. The first-order chi connectivity index (χ1) is 12.1. The molecule has 25 heavy (non-hydrogen) atoms. The van der Waals surface area contributed by atoms with Crippen molar-refractivity contribution in [3.8, 4) is 23.8 Å². The van der Waals surface area contributed by atoms with Crippen LogP contribution in [0.15, 0.2) is 52.0 Å². The van der Waals surface area contributed by atoms with Crippen molar-refractivity contribution in [3.05, 3.63) is 58.1 Å². The summed E-state index contributed by atoms with van der Waals surface area (Å²) in [7, 11) is 0. The van der Waals surface area contributed by atoms with Crippen LogP contribution in [0, 0.1) is 12.3 Å². The van der Waals surface area contributed by atoms with Gasteiger partial charge in [0.25, 0.3) is 5.91 Å². The summed E-state index contributed by atoms with van der Waals surface area (Å²) in [5.41, 5.74) is 3.66. The molecule has 0 saturated carbocycles. The van der Waals surface area contributed by atoms with E-state index in [0.717, 1.165) is 4.47 Å². The number of halogens is 1. The van der Waals surface area contributed by atoms with Gasteiger partial charge in [-0.3, -0.25) is 4.79 Å². The molecule has 0 heterocycles. The van der Waals surface area contributed by atoms with Gasteiger partial charge >= 0.3 is 0 Å². The highest BCUT2D eigenvalue weighted by molar-refractivity contribution is 9.10. The lowest BCUT2D eigenvalue weighted by molar-refractivity contribution is 0.0955. The normalized spacial score (nSPS) is 10.3. The van der Waals surface area contributed by atoms with E-state index in [0.29, 0.717) is 29.2 Å². The van der Waals surface area contributed by atoms with Gasteiger partial charge in [0.15, 0.2) is 0 Å². The van der Waals surface area contributed by atoms with E-state index in [1.807, 2.05) is 19.1 Å². The van der Waals surface area contributed by atoms with Crippen molar-refractivity contribution in [2.45, 2.75) is 6.92 Å². The molecule has 0 aromatic heterocycles. The number of hydrogen-bond donors (Lipinski definition) is 1. The standard InChI is InChI=1S/C19H17BrN2O3/c1-3-11-25-18-10-7-16(20)12-15(18)13-21-22-19(23)14-5-8-17(9-6-14)24-4-2/h1,5-10,12-13H,4,11H2,2H3,(H,22,23)/b21-13-. The monoisotopic (exact) mass is 400 g/mol. The first kappa shape index (κ1) is 18.6. The van der Waals surface area contributed by atoms with Gasteiger partial charge in [0.2, 0.25) is 0 Å². The third kappa shape index (κ3) is 5.66. The van der Waals surface area contributed by atoms with Crippen LogP contribution in [0.2, 0.25) is 0 Å². The summed E-state index contributed by atoms with van der Waals surface area (Å²) in [4.78, 5) is 12.1. The van der Waals surface area contributed by atoms with Gasteiger partial charge in [0.1, 0.15) is 18.1 Å². The van der Waals surface area contributed by atoms with Gasteiger partial charge < -0.3 is 9.47 Å². The van der Waals surface area contributed by atoms with Gasteiger partial charge in [0, 0.05) is 15.6 Å². The molecular formula is C19H17BrN2O3. The van der Waals surface area contributed by atoms with Gasteiger partial charge in [-0.2, -0.15) is 5.10 Å². The number of benzene rings is 2. The topological polar surface area (TPSA) is 59.9 Å². The van der Waals surface area contributed by atoms with Gasteiger partial charge in [-0.05, 0) is 49.4 Å². The number of rotatable bonds is 7. The Hall–Kier alpha value is -2.78. The molecule has 0 aliphatic rings. The summed E-state index contributed by atoms with van der Waals surface area (Å²) < 4.78 is 11.6. The number of carbonyl (C=O) groups excluding carboxylic acids is 1. The van der Waals surface area contributed by atoms with Crippen molar-refractivity contribution >= 4 is 28.1 Å². The Morgan fingerprint density at radius 3 is 2.72 bits per heavy atom. The highest BCUT2D eigenvalue weighted by Crippen LogP contribution is 2.21. The molecule has 0 unspecified atom stereocenters. The molecule has 1 amide bonds. The summed E-state index contributed by atoms with van der Waals surface area (Å²) in [6.07, 6.45) is 6.71. The van der Waals surface area contributed by atoms with E-state index in [-0.39, 0.29) is 12.5 Å². The van der Waals surface area contributed by atoms with Crippen LogP contribution in [0.3, 0.4) is 0 Å². The Morgan fingerprint density at radius 1 is 1.28 bits per heavy atom. The number of ether oxygens (including phenoxy) is 2. The van der Waals surface area contributed by atoms with Gasteiger partial charge in [-0.15, -0.1) is 6.42 Å². The average Bonchev–Trinajstić information content (AvgIpc) is 2.62. The summed E-state index contributed by atoms with van der Waals surface area (Å²) in [5.74, 6) is 3.39. The van der Waals surface area contributed by atoms with E-state index in [9.17, 15) is 4.79 Å². The summed E-state index contributed by atoms with van der Waals surface area (Å²) in [6, 6.07) is 12.3. The quantitative estimate of drug-likeness (QED) is 0.438. The van der Waals surface area contributed by atoms with Crippen molar-refractivity contribution < 1.29 is 14.3 Å². The van der Waals surface area contributed by atoms with Crippen LogP contribution in [0.25, 0.3) is 0 Å². The molecule has 0 aliphatic carbocycles. The zero-order valence-electron chi connectivity index (χ0n) is 13.7. The van der Waals surface area contributed by atoms with E-state index in [2.05, 4.69) is 32.4 Å². The average molecular weight is 401 g/mol. The molecule has 0 atom stereocenters. The maximum absolute atomic E-state index is 12.1. The van der Waals surface area contributed by atoms with Crippen LogP contribution in [-0.2, 0) is 0 Å². The summed E-state index contributed by atoms with van der Waals surface area (Å²) in [5, 5.41) is 3.98. The number of carbonyl (C=O) groups is 1. The van der Waals surface area contributed by atoms with Gasteiger partial charge in [0.05, 0.1) is 12.8 Å². The molecule has 0 saturated heterocycles. The molecule has 1 N–H and O–H groups in total. The molecule has 2 rings (SSSR count). The smallest absolute Gasteiger partial charge is 0.271 e. The molecule has 0 aliphatic heterocycles. The fraction of sp³-hybridized carbons (Fsp3) is 0.158. The molecular weight excluding hydrogens is 384 g/mol. The van der Waals surface area contributed by atoms with E-state index in [4.69, 9.17) is 15.9 Å². The molecule has 128 valence electrons. The van der Waals surface area contributed by atoms with Crippen molar-refractivity contribution in [1.29, 1.82) is 0 Å². The van der Waals surface area contributed by atoms with Crippen molar-refractivity contribution in [2.75, 3.05) is 13.2 Å². The van der Waals surface area contributed by atoms with Crippen molar-refractivity contribution in [3.63, 3.8) is 0 Å². The molecule has 2 aromatic rings. The Bertz CT molecular complexity index is 795. The molecule has 5 nitrogen and oxygen atoms in total. The van der Waals surface area contributed by atoms with Crippen LogP contribution < -0.4 is 14.9 Å². The van der Waals surface area contributed by atoms with Crippen LogP contribution in [0.5, 0.6) is 11.5 Å². The van der Waals surface area contributed by atoms with E-state index in [1.165, 1.54) is 6.21 Å². The van der Waals surface area contributed by atoms with Crippen LogP contribution in [0.1, 0.15) is 22.8 Å². The Labute approximate surface area is 155 Å². The number of nitrogens with one attached hydrogen (secondary N) is 1. The lowest BCUT2D eigenvalue weighted by atomic mass is 10.2. The predicted octanol–water partition coefficient (Wildman–Crippen LogP) is 3.62. The first-order valence-electron chi connectivity index (χ1n) is 7.56. The van der Waals surface area contributed by atoms with E-state index in [1.54, 1.807) is 30.3 Å². The van der Waals surface area contributed by atoms with Crippen LogP contribution >= 0.6 is 15.9 Å². The van der Waals surface area contributed by atoms with Crippen molar-refractivity contribution in [1.82, 2.24) is 5.43 Å².